The van der Waals surface area contributed by atoms with Gasteiger partial charge < -0.3 is 4.74 Å². The van der Waals surface area contributed by atoms with E-state index in [2.05, 4.69) is 0 Å². The molecule has 0 saturated heterocycles. The fourth-order valence-corrected chi connectivity index (χ4v) is 1.57. The van der Waals surface area contributed by atoms with Crippen LogP contribution in [0.4, 0.5) is 0 Å². The molecule has 1 saturated carbocycles. The number of hydrogen-bond acceptors (Lipinski definition) is 2. The maximum atomic E-state index is 11.0. The Morgan fingerprint density at radius 1 is 1.55 bits per heavy atom. The molecule has 0 atom stereocenters. The van der Waals surface area contributed by atoms with Gasteiger partial charge in [0.2, 0.25) is 0 Å². The van der Waals surface area contributed by atoms with Crippen LogP contribution in [0.1, 0.15) is 32.6 Å². The van der Waals surface area contributed by atoms with Gasteiger partial charge in [0.05, 0.1) is 0 Å². The molecule has 0 aliphatic heterocycles. The molecule has 1 fully saturated rings. The van der Waals surface area contributed by atoms with Crippen molar-refractivity contribution in [3.8, 4) is 0 Å². The van der Waals surface area contributed by atoms with Crippen LogP contribution in [0.3, 0.4) is 0 Å². The number of carbonyl (C=O) groups excluding carboxylic acids is 1. The molecule has 0 bridgehead atoms. The van der Waals surface area contributed by atoms with Crippen LogP contribution in [-0.2, 0) is 9.53 Å². The van der Waals surface area contributed by atoms with Crippen molar-refractivity contribution in [2.75, 3.05) is 0 Å². The monoisotopic (exact) mass is 154 g/mol. The van der Waals surface area contributed by atoms with Gasteiger partial charge in [-0.05, 0) is 32.6 Å². The second kappa shape index (κ2) is 3.29. The summed E-state index contributed by atoms with van der Waals surface area (Å²) in [6.07, 6.45) is 4.98. The number of rotatable bonds is 2. The van der Waals surface area contributed by atoms with E-state index in [1.54, 1.807) is 0 Å². The summed E-state index contributed by atoms with van der Waals surface area (Å²) in [5.41, 5.74) is -0.132. The number of ether oxygens (including phenoxy) is 1. The van der Waals surface area contributed by atoms with Gasteiger partial charge in [0, 0.05) is 6.32 Å². The van der Waals surface area contributed by atoms with Crippen LogP contribution in [0, 0.1) is 0 Å². The van der Waals surface area contributed by atoms with E-state index in [1.165, 1.54) is 12.8 Å². The highest BCUT2D eigenvalue weighted by Gasteiger charge is 2.31. The number of hydrogen-bond donors (Lipinski definition) is 0. The van der Waals surface area contributed by atoms with Crippen LogP contribution in [0.5, 0.6) is 0 Å². The topological polar surface area (TPSA) is 26.3 Å². The summed E-state index contributed by atoms with van der Waals surface area (Å²) in [5, 5.41) is 0. The Morgan fingerprint density at radius 3 is 2.55 bits per heavy atom. The molecule has 0 heterocycles. The Hall–Kier alpha value is -0.465. The van der Waals surface area contributed by atoms with Gasteiger partial charge in [-0.25, -0.2) is 0 Å². The summed E-state index contributed by atoms with van der Waals surface area (Å²) in [4.78, 5) is 11.0. The normalized spacial score (nSPS) is 21.5. The number of esters is 1. The Balaban J connectivity index is 2.39. The predicted octanol–water partition coefficient (Wildman–Crippen LogP) is 0.914. The molecule has 0 radical (unpaired) electrons. The number of carbonyl (C=O) groups is 1. The third kappa shape index (κ3) is 2.24. The van der Waals surface area contributed by atoms with Gasteiger partial charge >= 0.3 is 0 Å². The zero-order valence-corrected chi connectivity index (χ0v) is 7.35. The average molecular weight is 154 g/mol. The fraction of sp³-hybridized carbons (Fsp3) is 0.875. The largest absolute Gasteiger partial charge is 0.460 e. The van der Waals surface area contributed by atoms with Crippen molar-refractivity contribution in [1.82, 2.24) is 0 Å². The molecule has 11 heavy (non-hydrogen) atoms. The predicted molar refractivity (Wildman–Crippen MR) is 46.3 cm³/mol. The van der Waals surface area contributed by atoms with Crippen molar-refractivity contribution in [1.29, 1.82) is 0 Å². The summed E-state index contributed by atoms with van der Waals surface area (Å²) >= 11 is 0. The summed E-state index contributed by atoms with van der Waals surface area (Å²) < 4.78 is 5.31. The minimum absolute atomic E-state index is 0.0607. The molecule has 0 unspecified atom stereocenters. The van der Waals surface area contributed by atoms with Crippen LogP contribution in [-0.4, -0.2) is 19.4 Å². The third-order valence-corrected chi connectivity index (χ3v) is 2.31. The van der Waals surface area contributed by atoms with E-state index in [-0.39, 0.29) is 11.6 Å². The molecule has 0 N–H and O–H groups in total. The first-order chi connectivity index (χ1) is 5.16. The maximum absolute atomic E-state index is 11.0. The summed E-state index contributed by atoms with van der Waals surface area (Å²) in [5.74, 6) is -0.0607. The van der Waals surface area contributed by atoms with Crippen molar-refractivity contribution in [2.24, 2.45) is 0 Å². The Morgan fingerprint density at radius 2 is 2.09 bits per heavy atom. The molecular formula is C8H15BO2. The molecule has 0 spiro atoms. The zero-order chi connectivity index (χ0) is 8.32. The van der Waals surface area contributed by atoms with E-state index < -0.39 is 0 Å². The molecule has 1 rings (SSSR count). The molecule has 1 aliphatic carbocycles. The van der Waals surface area contributed by atoms with Gasteiger partial charge in [-0.3, -0.25) is 4.79 Å². The van der Waals surface area contributed by atoms with E-state index in [0.717, 1.165) is 12.8 Å². The van der Waals surface area contributed by atoms with Gasteiger partial charge in [0.25, 0.3) is 5.97 Å². The molecule has 0 amide bonds. The van der Waals surface area contributed by atoms with Gasteiger partial charge in [0.1, 0.15) is 13.4 Å². The highest BCUT2D eigenvalue weighted by atomic mass is 16.6. The standard InChI is InChI=1S/C8H15BO2/c1-8(4-2-3-5-8)11-7(10)6-9/h2-6,9H2,1H3. The maximum Gasteiger partial charge on any atom is 0.298 e. The molecule has 0 aromatic heterocycles. The summed E-state index contributed by atoms with van der Waals surface area (Å²) in [7, 11) is 1.83. The van der Waals surface area contributed by atoms with E-state index in [1.807, 2.05) is 14.8 Å². The SMILES string of the molecule is BCC(=O)OC1(C)CCCC1. The van der Waals surface area contributed by atoms with Crippen molar-refractivity contribution in [2.45, 2.75) is 44.5 Å². The lowest BCUT2D eigenvalue weighted by Gasteiger charge is -2.23. The second-order valence-electron chi connectivity index (χ2n) is 3.48. The Bertz CT molecular complexity index is 150. The smallest absolute Gasteiger partial charge is 0.298 e. The summed E-state index contributed by atoms with van der Waals surface area (Å²) in [6.45, 7) is 2.04. The lowest BCUT2D eigenvalue weighted by Crippen LogP contribution is -2.27. The lowest BCUT2D eigenvalue weighted by molar-refractivity contribution is -0.154. The van der Waals surface area contributed by atoms with Crippen LogP contribution in [0.2, 0.25) is 6.32 Å². The second-order valence-corrected chi connectivity index (χ2v) is 3.48. The fourth-order valence-electron chi connectivity index (χ4n) is 1.57. The van der Waals surface area contributed by atoms with Gasteiger partial charge in [-0.1, -0.05) is 0 Å². The zero-order valence-electron chi connectivity index (χ0n) is 7.35. The first kappa shape index (κ1) is 8.63. The van der Waals surface area contributed by atoms with Crippen molar-refractivity contribution in [3.63, 3.8) is 0 Å². The minimum Gasteiger partial charge on any atom is -0.460 e. The first-order valence-electron chi connectivity index (χ1n) is 4.38. The van der Waals surface area contributed by atoms with E-state index >= 15 is 0 Å². The quantitative estimate of drug-likeness (QED) is 0.436. The highest BCUT2D eigenvalue weighted by molar-refractivity contribution is 6.18. The van der Waals surface area contributed by atoms with Gasteiger partial charge in [-0.2, -0.15) is 0 Å². The molecule has 1 aliphatic rings. The van der Waals surface area contributed by atoms with Crippen LogP contribution < -0.4 is 0 Å². The molecule has 3 heteroatoms. The Labute approximate surface area is 68.7 Å². The lowest BCUT2D eigenvalue weighted by atomic mass is 10.0. The Kier molecular flexibility index (Phi) is 2.58. The van der Waals surface area contributed by atoms with E-state index in [0.29, 0.717) is 6.32 Å². The third-order valence-electron chi connectivity index (χ3n) is 2.31. The van der Waals surface area contributed by atoms with Crippen molar-refractivity contribution in [3.05, 3.63) is 0 Å². The molecule has 62 valence electrons. The van der Waals surface area contributed by atoms with Crippen LogP contribution in [0.15, 0.2) is 0 Å². The van der Waals surface area contributed by atoms with Gasteiger partial charge in [0.15, 0.2) is 0 Å². The molecule has 2 nitrogen and oxygen atoms in total. The van der Waals surface area contributed by atoms with E-state index in [4.69, 9.17) is 4.74 Å². The van der Waals surface area contributed by atoms with Gasteiger partial charge in [-0.15, -0.1) is 0 Å². The highest BCUT2D eigenvalue weighted by Crippen LogP contribution is 2.32. The minimum atomic E-state index is -0.132. The van der Waals surface area contributed by atoms with Crippen LogP contribution in [0.25, 0.3) is 0 Å². The van der Waals surface area contributed by atoms with Crippen molar-refractivity contribution >= 4 is 13.8 Å². The van der Waals surface area contributed by atoms with Crippen LogP contribution >= 0.6 is 0 Å². The average Bonchev–Trinajstić information content (AvgIpc) is 2.36. The molecule has 0 aromatic carbocycles. The molecule has 0 aromatic rings. The summed E-state index contributed by atoms with van der Waals surface area (Å²) in [6, 6.07) is 0. The van der Waals surface area contributed by atoms with E-state index in [9.17, 15) is 4.79 Å². The first-order valence-corrected chi connectivity index (χ1v) is 4.38. The van der Waals surface area contributed by atoms with Crippen molar-refractivity contribution < 1.29 is 9.53 Å². The molecular weight excluding hydrogens is 139 g/mol.